The predicted molar refractivity (Wildman–Crippen MR) is 101 cm³/mol. The molecule has 1 saturated heterocycles. The molecule has 30 heavy (non-hydrogen) atoms. The molecule has 2 N–H and O–H groups in total. The van der Waals surface area contributed by atoms with Gasteiger partial charge in [0.2, 0.25) is 17.7 Å². The van der Waals surface area contributed by atoms with Gasteiger partial charge in [-0.25, -0.2) is 9.37 Å². The van der Waals surface area contributed by atoms with E-state index in [9.17, 15) is 31.9 Å². The molecule has 2 heterocycles. The second-order valence-corrected chi connectivity index (χ2v) is 7.55. The van der Waals surface area contributed by atoms with Gasteiger partial charge in [0.25, 0.3) is 0 Å². The lowest BCUT2D eigenvalue weighted by Gasteiger charge is -2.18. The largest absolute Gasteiger partial charge is 0.406 e. The molecule has 7 nitrogen and oxygen atoms in total. The van der Waals surface area contributed by atoms with Crippen molar-refractivity contribution in [3.8, 4) is 11.3 Å². The molecule has 1 fully saturated rings. The number of anilines is 2. The van der Waals surface area contributed by atoms with Crippen molar-refractivity contribution in [1.82, 2.24) is 9.88 Å². The molecule has 160 valence electrons. The lowest BCUT2D eigenvalue weighted by atomic mass is 10.1. The predicted octanol–water partition coefficient (Wildman–Crippen LogP) is 3.26. The second-order valence-electron chi connectivity index (χ2n) is 6.69. The van der Waals surface area contributed by atoms with Crippen molar-refractivity contribution in [3.63, 3.8) is 0 Å². The summed E-state index contributed by atoms with van der Waals surface area (Å²) in [5.41, 5.74) is 0.665. The van der Waals surface area contributed by atoms with Crippen LogP contribution in [0.4, 0.5) is 28.4 Å². The molecule has 3 rings (SSSR count). The number of thiazole rings is 1. The van der Waals surface area contributed by atoms with E-state index in [2.05, 4.69) is 15.6 Å². The van der Waals surface area contributed by atoms with E-state index in [0.717, 1.165) is 17.4 Å². The van der Waals surface area contributed by atoms with Gasteiger partial charge in [-0.15, -0.1) is 11.3 Å². The molecule has 1 aliphatic rings. The number of nitrogens with zero attached hydrogens (tertiary/aromatic N) is 2. The number of likely N-dealkylation sites (tertiary alicyclic amines) is 1. The maximum Gasteiger partial charge on any atom is 0.406 e. The summed E-state index contributed by atoms with van der Waals surface area (Å²) in [6.45, 7) is -0.437. The summed E-state index contributed by atoms with van der Waals surface area (Å²) >= 11 is 1.01. The number of aromatic nitrogens is 1. The van der Waals surface area contributed by atoms with Crippen LogP contribution in [0.1, 0.15) is 13.3 Å². The first kappa shape index (κ1) is 21.7. The first-order chi connectivity index (χ1) is 14.0. The quantitative estimate of drug-likeness (QED) is 0.693. The van der Waals surface area contributed by atoms with Crippen molar-refractivity contribution in [1.29, 1.82) is 0 Å². The summed E-state index contributed by atoms with van der Waals surface area (Å²) in [6, 6.07) is 4.05. The van der Waals surface area contributed by atoms with Gasteiger partial charge in [0.1, 0.15) is 12.4 Å². The van der Waals surface area contributed by atoms with Crippen molar-refractivity contribution >= 4 is 39.9 Å². The Morgan fingerprint density at radius 1 is 1.30 bits per heavy atom. The Morgan fingerprint density at radius 2 is 2.03 bits per heavy atom. The maximum absolute atomic E-state index is 14.3. The molecule has 1 aliphatic heterocycles. The van der Waals surface area contributed by atoms with Crippen LogP contribution >= 0.6 is 11.3 Å². The van der Waals surface area contributed by atoms with Crippen LogP contribution in [0, 0.1) is 11.7 Å². The molecular weight excluding hydrogens is 428 g/mol. The van der Waals surface area contributed by atoms with Gasteiger partial charge in [0.05, 0.1) is 11.6 Å². The highest BCUT2D eigenvalue weighted by atomic mass is 32.1. The van der Waals surface area contributed by atoms with Crippen LogP contribution in [-0.2, 0) is 14.4 Å². The van der Waals surface area contributed by atoms with Crippen molar-refractivity contribution in [3.05, 3.63) is 29.4 Å². The second kappa shape index (κ2) is 8.38. The minimum atomic E-state index is -4.54. The lowest BCUT2D eigenvalue weighted by molar-refractivity contribution is -0.157. The Hall–Kier alpha value is -3.02. The number of nitrogens with one attached hydrogen (secondary N) is 2. The highest BCUT2D eigenvalue weighted by Gasteiger charge is 2.40. The van der Waals surface area contributed by atoms with Gasteiger partial charge in [-0.1, -0.05) is 0 Å². The molecule has 12 heteroatoms. The molecule has 1 aromatic carbocycles. The van der Waals surface area contributed by atoms with Gasteiger partial charge in [-0.05, 0) is 18.2 Å². The minimum Gasteiger partial charge on any atom is -0.333 e. The third-order valence-corrected chi connectivity index (χ3v) is 5.01. The molecule has 3 amide bonds. The first-order valence-electron chi connectivity index (χ1n) is 8.70. The van der Waals surface area contributed by atoms with E-state index < -0.39 is 36.3 Å². The fourth-order valence-electron chi connectivity index (χ4n) is 2.98. The highest BCUT2D eigenvalue weighted by Crippen LogP contribution is 2.30. The number of hydrogen-bond donors (Lipinski definition) is 2. The molecule has 1 atom stereocenters. The molecular formula is C18H16F4N4O3S. The van der Waals surface area contributed by atoms with Crippen LogP contribution in [-0.4, -0.2) is 46.9 Å². The minimum absolute atomic E-state index is 0.127. The lowest BCUT2D eigenvalue weighted by Crippen LogP contribution is -2.36. The summed E-state index contributed by atoms with van der Waals surface area (Å²) < 4.78 is 51.8. The van der Waals surface area contributed by atoms with Gasteiger partial charge in [-0.2, -0.15) is 13.2 Å². The molecule has 0 radical (unpaired) electrons. The van der Waals surface area contributed by atoms with Crippen LogP contribution in [0.25, 0.3) is 11.3 Å². The molecule has 0 bridgehead atoms. The molecule has 0 spiro atoms. The zero-order valence-corrected chi connectivity index (χ0v) is 16.4. The Labute approximate surface area is 172 Å². The Bertz CT molecular complexity index is 992. The van der Waals surface area contributed by atoms with Crippen LogP contribution < -0.4 is 10.6 Å². The van der Waals surface area contributed by atoms with Crippen molar-refractivity contribution < 1.29 is 31.9 Å². The smallest absolute Gasteiger partial charge is 0.333 e. The number of rotatable bonds is 5. The fraction of sp³-hybridized carbons (Fsp3) is 0.333. The SMILES string of the molecule is CC(=O)Nc1ccc(-c2csc(NC(=O)C3CC(=O)N(CC(F)(F)F)C3)n2)c(F)c1. The third kappa shape index (κ3) is 5.32. The van der Waals surface area contributed by atoms with E-state index in [-0.39, 0.29) is 40.9 Å². The molecule has 2 aromatic rings. The van der Waals surface area contributed by atoms with Gasteiger partial charge < -0.3 is 15.5 Å². The average molecular weight is 444 g/mol. The number of halogens is 4. The van der Waals surface area contributed by atoms with Gasteiger partial charge in [0.15, 0.2) is 5.13 Å². The standard InChI is InChI=1S/C18H16F4N4O3S/c1-9(27)23-11-2-3-12(13(19)5-11)14-7-30-17(24-14)25-16(29)10-4-15(28)26(6-10)8-18(20,21)22/h2-3,5,7,10H,4,6,8H2,1H3,(H,23,27)(H,24,25,29). The van der Waals surface area contributed by atoms with Gasteiger partial charge in [-0.3, -0.25) is 14.4 Å². The maximum atomic E-state index is 14.3. The van der Waals surface area contributed by atoms with Crippen molar-refractivity contribution in [2.75, 3.05) is 23.7 Å². The average Bonchev–Trinajstić information content (AvgIpc) is 3.20. The number of alkyl halides is 3. The van der Waals surface area contributed by atoms with Gasteiger partial charge in [0, 0.05) is 36.5 Å². The summed E-state index contributed by atoms with van der Waals surface area (Å²) in [5, 5.41) is 6.54. The Balaban J connectivity index is 1.65. The molecule has 1 aromatic heterocycles. The number of benzene rings is 1. The summed E-state index contributed by atoms with van der Waals surface area (Å²) in [6.07, 6.45) is -4.86. The number of hydrogen-bond acceptors (Lipinski definition) is 5. The van der Waals surface area contributed by atoms with Crippen LogP contribution in [0.2, 0.25) is 0 Å². The normalized spacial score (nSPS) is 16.6. The van der Waals surface area contributed by atoms with E-state index in [1.165, 1.54) is 24.4 Å². The van der Waals surface area contributed by atoms with Crippen LogP contribution in [0.5, 0.6) is 0 Å². The van der Waals surface area contributed by atoms with Crippen molar-refractivity contribution in [2.24, 2.45) is 5.92 Å². The van der Waals surface area contributed by atoms with E-state index in [0.29, 0.717) is 4.90 Å². The zero-order valence-electron chi connectivity index (χ0n) is 15.5. The highest BCUT2D eigenvalue weighted by molar-refractivity contribution is 7.14. The summed E-state index contributed by atoms with van der Waals surface area (Å²) in [5.74, 6) is -3.28. The number of amides is 3. The number of carbonyl (C=O) groups is 3. The topological polar surface area (TPSA) is 91.4 Å². The third-order valence-electron chi connectivity index (χ3n) is 4.26. The van der Waals surface area contributed by atoms with Gasteiger partial charge >= 0.3 is 6.18 Å². The van der Waals surface area contributed by atoms with Crippen LogP contribution in [0.3, 0.4) is 0 Å². The monoisotopic (exact) mass is 444 g/mol. The zero-order chi connectivity index (χ0) is 22.1. The van der Waals surface area contributed by atoms with Crippen LogP contribution in [0.15, 0.2) is 23.6 Å². The van der Waals surface area contributed by atoms with E-state index in [1.54, 1.807) is 0 Å². The molecule has 0 aliphatic carbocycles. The number of carbonyl (C=O) groups excluding carboxylic acids is 3. The summed E-state index contributed by atoms with van der Waals surface area (Å²) in [7, 11) is 0. The van der Waals surface area contributed by atoms with E-state index >= 15 is 0 Å². The molecule has 0 saturated carbocycles. The summed E-state index contributed by atoms with van der Waals surface area (Å²) in [4.78, 5) is 39.8. The Kier molecular flexibility index (Phi) is 6.06. The van der Waals surface area contributed by atoms with Crippen molar-refractivity contribution in [2.45, 2.75) is 19.5 Å². The van der Waals surface area contributed by atoms with E-state index in [4.69, 9.17) is 0 Å². The Morgan fingerprint density at radius 3 is 2.67 bits per heavy atom. The molecule has 1 unspecified atom stereocenters. The fourth-order valence-corrected chi connectivity index (χ4v) is 3.70. The first-order valence-corrected chi connectivity index (χ1v) is 9.58. The van der Waals surface area contributed by atoms with E-state index in [1.807, 2.05) is 0 Å².